The largest absolute Gasteiger partial charge is 0.213 e. The van der Waals surface area contributed by atoms with Gasteiger partial charge >= 0.3 is 0 Å². The Morgan fingerprint density at radius 2 is 1.82 bits per heavy atom. The molecular formula is C7H15NO2S. The molecule has 0 bridgehead atoms. The van der Waals surface area contributed by atoms with E-state index in [0.717, 1.165) is 12.8 Å². The van der Waals surface area contributed by atoms with Crippen LogP contribution < -0.4 is 4.72 Å². The van der Waals surface area contributed by atoms with Crippen molar-refractivity contribution in [2.45, 2.75) is 32.2 Å². The molecule has 1 N–H and O–H groups in total. The number of nitrogens with one attached hydrogen (secondary N) is 1. The summed E-state index contributed by atoms with van der Waals surface area (Å²) in [6, 6.07) is 0. The van der Waals surface area contributed by atoms with Crippen LogP contribution in [0.1, 0.15) is 26.7 Å². The number of rotatable bonds is 3. The van der Waals surface area contributed by atoms with Crippen LogP contribution in [0.4, 0.5) is 0 Å². The minimum Gasteiger partial charge on any atom is -0.213 e. The number of hydrogen-bond acceptors (Lipinski definition) is 2. The molecule has 0 amide bonds. The van der Waals surface area contributed by atoms with Gasteiger partial charge in [-0.25, -0.2) is 13.1 Å². The van der Waals surface area contributed by atoms with Crippen LogP contribution in [-0.4, -0.2) is 20.2 Å². The molecule has 1 rings (SSSR count). The number of sulfonamides is 1. The van der Waals surface area contributed by atoms with E-state index < -0.39 is 10.0 Å². The summed E-state index contributed by atoms with van der Waals surface area (Å²) < 4.78 is 24.4. The molecule has 0 saturated heterocycles. The Kier molecular flexibility index (Phi) is 2.01. The second-order valence-electron chi connectivity index (χ2n) is 3.87. The van der Waals surface area contributed by atoms with E-state index in [1.54, 1.807) is 0 Å². The van der Waals surface area contributed by atoms with Gasteiger partial charge in [0.1, 0.15) is 0 Å². The highest BCUT2D eigenvalue weighted by atomic mass is 32.2. The maximum Gasteiger partial charge on any atom is 0.209 e. The first kappa shape index (κ1) is 9.00. The van der Waals surface area contributed by atoms with Crippen molar-refractivity contribution in [3.05, 3.63) is 0 Å². The van der Waals surface area contributed by atoms with Gasteiger partial charge in [0.05, 0.1) is 6.26 Å². The average molecular weight is 177 g/mol. The van der Waals surface area contributed by atoms with E-state index in [4.69, 9.17) is 0 Å². The van der Waals surface area contributed by atoms with Crippen molar-refractivity contribution in [1.82, 2.24) is 4.72 Å². The molecule has 0 spiro atoms. The molecule has 0 heterocycles. The van der Waals surface area contributed by atoms with Crippen molar-refractivity contribution >= 4 is 10.0 Å². The van der Waals surface area contributed by atoms with Crippen LogP contribution in [-0.2, 0) is 10.0 Å². The molecule has 1 saturated carbocycles. The predicted octanol–water partition coefficient (Wildman–Crippen LogP) is 0.724. The van der Waals surface area contributed by atoms with Crippen LogP contribution in [0.5, 0.6) is 0 Å². The van der Waals surface area contributed by atoms with Gasteiger partial charge in [-0.2, -0.15) is 0 Å². The summed E-state index contributed by atoms with van der Waals surface area (Å²) in [6.45, 7) is 3.87. The minimum atomic E-state index is -3.04. The first-order chi connectivity index (χ1) is 4.81. The molecule has 0 unspecified atom stereocenters. The zero-order valence-electron chi connectivity index (χ0n) is 7.22. The topological polar surface area (TPSA) is 46.2 Å². The molecule has 1 fully saturated rings. The molecule has 0 aromatic rings. The fraction of sp³-hybridized carbons (Fsp3) is 1.00. The van der Waals surface area contributed by atoms with Crippen LogP contribution in [0, 0.1) is 5.92 Å². The molecule has 0 aromatic carbocycles. The molecule has 11 heavy (non-hydrogen) atoms. The quantitative estimate of drug-likeness (QED) is 0.690. The van der Waals surface area contributed by atoms with Crippen molar-refractivity contribution in [3.63, 3.8) is 0 Å². The summed E-state index contributed by atoms with van der Waals surface area (Å²) in [5, 5.41) is 0. The fourth-order valence-corrected chi connectivity index (χ4v) is 2.49. The summed E-state index contributed by atoms with van der Waals surface area (Å²) in [7, 11) is -3.04. The Morgan fingerprint density at radius 1 is 1.36 bits per heavy atom. The van der Waals surface area contributed by atoms with Crippen molar-refractivity contribution < 1.29 is 8.42 Å². The van der Waals surface area contributed by atoms with Gasteiger partial charge in [0, 0.05) is 5.54 Å². The van der Waals surface area contributed by atoms with E-state index in [1.165, 1.54) is 6.26 Å². The van der Waals surface area contributed by atoms with E-state index in [-0.39, 0.29) is 5.54 Å². The van der Waals surface area contributed by atoms with Gasteiger partial charge in [-0.05, 0) is 32.6 Å². The van der Waals surface area contributed by atoms with E-state index in [2.05, 4.69) is 4.72 Å². The predicted molar refractivity (Wildman–Crippen MR) is 44.8 cm³/mol. The van der Waals surface area contributed by atoms with E-state index in [9.17, 15) is 8.42 Å². The summed E-state index contributed by atoms with van der Waals surface area (Å²) >= 11 is 0. The lowest BCUT2D eigenvalue weighted by atomic mass is 10.0. The fourth-order valence-electron chi connectivity index (χ4n) is 1.37. The Bertz CT molecular complexity index is 239. The third-order valence-electron chi connectivity index (χ3n) is 2.05. The second kappa shape index (κ2) is 2.45. The Labute approximate surface area is 68.2 Å². The summed E-state index contributed by atoms with van der Waals surface area (Å²) in [5.74, 6) is 0.539. The molecule has 3 nitrogen and oxygen atoms in total. The standard InChI is InChI=1S/C7H15NO2S/c1-7(2,6-4-5-6)8-11(3,9)10/h6,8H,4-5H2,1-3H3. The lowest BCUT2D eigenvalue weighted by Crippen LogP contribution is -2.44. The first-order valence-electron chi connectivity index (χ1n) is 3.80. The molecule has 1 aliphatic carbocycles. The van der Waals surface area contributed by atoms with Gasteiger partial charge < -0.3 is 0 Å². The van der Waals surface area contributed by atoms with Gasteiger partial charge in [-0.15, -0.1) is 0 Å². The Hall–Kier alpha value is -0.0900. The van der Waals surface area contributed by atoms with Gasteiger partial charge in [-0.3, -0.25) is 0 Å². The van der Waals surface area contributed by atoms with Gasteiger partial charge in [-0.1, -0.05) is 0 Å². The van der Waals surface area contributed by atoms with Gasteiger partial charge in [0.25, 0.3) is 0 Å². The van der Waals surface area contributed by atoms with Crippen molar-refractivity contribution in [1.29, 1.82) is 0 Å². The SMILES string of the molecule is CC(C)(NS(C)(=O)=O)C1CC1. The van der Waals surface area contributed by atoms with Crippen molar-refractivity contribution in [3.8, 4) is 0 Å². The first-order valence-corrected chi connectivity index (χ1v) is 5.69. The minimum absolute atomic E-state index is 0.242. The summed E-state index contributed by atoms with van der Waals surface area (Å²) in [6.07, 6.45) is 3.50. The highest BCUT2D eigenvalue weighted by Gasteiger charge is 2.39. The van der Waals surface area contributed by atoms with Crippen LogP contribution >= 0.6 is 0 Å². The normalized spacial score (nSPS) is 20.3. The van der Waals surface area contributed by atoms with Crippen LogP contribution in [0.25, 0.3) is 0 Å². The van der Waals surface area contributed by atoms with Crippen LogP contribution in [0.15, 0.2) is 0 Å². The zero-order valence-corrected chi connectivity index (χ0v) is 8.03. The maximum absolute atomic E-state index is 10.9. The van der Waals surface area contributed by atoms with Gasteiger partial charge in [0.15, 0.2) is 0 Å². The molecule has 0 radical (unpaired) electrons. The summed E-state index contributed by atoms with van der Waals surface area (Å²) in [5.41, 5.74) is -0.242. The van der Waals surface area contributed by atoms with E-state index in [0.29, 0.717) is 5.92 Å². The molecule has 4 heteroatoms. The Balaban J connectivity index is 2.59. The smallest absolute Gasteiger partial charge is 0.209 e. The highest BCUT2D eigenvalue weighted by molar-refractivity contribution is 7.88. The highest BCUT2D eigenvalue weighted by Crippen LogP contribution is 2.39. The monoisotopic (exact) mass is 177 g/mol. The molecular weight excluding hydrogens is 162 g/mol. The van der Waals surface area contributed by atoms with E-state index in [1.807, 2.05) is 13.8 Å². The molecule has 0 aliphatic heterocycles. The third kappa shape index (κ3) is 2.79. The van der Waals surface area contributed by atoms with Crippen LogP contribution in [0.3, 0.4) is 0 Å². The third-order valence-corrected chi connectivity index (χ3v) is 2.94. The lowest BCUT2D eigenvalue weighted by Gasteiger charge is -2.24. The Morgan fingerprint density at radius 3 is 2.09 bits per heavy atom. The lowest BCUT2D eigenvalue weighted by molar-refractivity contribution is 0.402. The van der Waals surface area contributed by atoms with Gasteiger partial charge in [0.2, 0.25) is 10.0 Å². The van der Waals surface area contributed by atoms with E-state index >= 15 is 0 Å². The average Bonchev–Trinajstić information content (AvgIpc) is 2.30. The van der Waals surface area contributed by atoms with Crippen LogP contribution in [0.2, 0.25) is 0 Å². The van der Waals surface area contributed by atoms with Crippen molar-refractivity contribution in [2.24, 2.45) is 5.92 Å². The number of hydrogen-bond donors (Lipinski definition) is 1. The maximum atomic E-state index is 10.9. The second-order valence-corrected chi connectivity index (χ2v) is 5.62. The molecule has 0 atom stereocenters. The molecule has 0 aromatic heterocycles. The van der Waals surface area contributed by atoms with Crippen molar-refractivity contribution in [2.75, 3.05) is 6.26 Å². The zero-order chi connectivity index (χ0) is 8.70. The summed E-state index contributed by atoms with van der Waals surface area (Å²) in [4.78, 5) is 0. The molecule has 66 valence electrons. The molecule has 1 aliphatic rings.